The Kier molecular flexibility index (Phi) is 5.86. The van der Waals surface area contributed by atoms with Gasteiger partial charge in [0.2, 0.25) is 0 Å². The fourth-order valence-electron chi connectivity index (χ4n) is 4.35. The number of likely N-dealkylation sites (tertiary alicyclic amines) is 1. The molecule has 1 aromatic carbocycles. The summed E-state index contributed by atoms with van der Waals surface area (Å²) in [4.78, 5) is 20.6. The molecule has 9 heteroatoms. The first kappa shape index (κ1) is 21.3. The number of nitrogens with zero attached hydrogens (tertiary/aromatic N) is 4. The van der Waals surface area contributed by atoms with Gasteiger partial charge in [-0.2, -0.15) is 5.10 Å². The summed E-state index contributed by atoms with van der Waals surface area (Å²) in [6.45, 7) is 5.98. The first-order chi connectivity index (χ1) is 15.5. The van der Waals surface area contributed by atoms with Crippen molar-refractivity contribution in [1.82, 2.24) is 24.6 Å². The normalized spacial score (nSPS) is 17.0. The maximum absolute atomic E-state index is 13.3. The number of hydrogen-bond donors (Lipinski definition) is 1. The first-order valence-corrected chi connectivity index (χ1v) is 12.4. The van der Waals surface area contributed by atoms with Gasteiger partial charge in [0.05, 0.1) is 12.3 Å². The Morgan fingerprint density at radius 2 is 1.94 bits per heavy atom. The highest BCUT2D eigenvalue weighted by atomic mass is 32.1. The van der Waals surface area contributed by atoms with Crippen molar-refractivity contribution >= 4 is 29.5 Å². The lowest BCUT2D eigenvalue weighted by molar-refractivity contribution is 0.0714. The van der Waals surface area contributed by atoms with E-state index in [2.05, 4.69) is 19.7 Å². The van der Waals surface area contributed by atoms with E-state index in [0.29, 0.717) is 18.6 Å². The van der Waals surface area contributed by atoms with E-state index < -0.39 is 0 Å². The lowest BCUT2D eigenvalue weighted by Crippen LogP contribution is -2.38. The van der Waals surface area contributed by atoms with Gasteiger partial charge in [0, 0.05) is 30.6 Å². The highest BCUT2D eigenvalue weighted by Gasteiger charge is 2.33. The van der Waals surface area contributed by atoms with Gasteiger partial charge >= 0.3 is 0 Å². The minimum atomic E-state index is 0.0803. The van der Waals surface area contributed by atoms with Crippen LogP contribution in [-0.2, 0) is 0 Å². The molecule has 3 aromatic rings. The number of aromatic nitrogens is 4. The number of aromatic amines is 1. The number of piperidine rings is 1. The van der Waals surface area contributed by atoms with Crippen molar-refractivity contribution in [2.75, 3.05) is 19.7 Å². The molecule has 0 bridgehead atoms. The number of aryl methyl sites for hydroxylation is 1. The SMILES string of the molecule is CCOc1ccc(-c2nc(C)c(C(=O)N3CCC(c4n[nH]c(=S)n4C4CC4)CC3)s2)cc1. The predicted octanol–water partition coefficient (Wildman–Crippen LogP) is 5.13. The third-order valence-electron chi connectivity index (χ3n) is 6.19. The minimum Gasteiger partial charge on any atom is -0.494 e. The Labute approximate surface area is 196 Å². The monoisotopic (exact) mass is 469 g/mol. The number of carbonyl (C=O) groups excluding carboxylic acids is 1. The van der Waals surface area contributed by atoms with Crippen LogP contribution in [0.3, 0.4) is 0 Å². The second-order valence-electron chi connectivity index (χ2n) is 8.45. The molecule has 3 heterocycles. The number of amides is 1. The average Bonchev–Trinajstić information content (AvgIpc) is 3.46. The van der Waals surface area contributed by atoms with Crippen LogP contribution in [0.2, 0.25) is 0 Å². The van der Waals surface area contributed by atoms with E-state index in [1.54, 1.807) is 0 Å². The van der Waals surface area contributed by atoms with E-state index in [1.165, 1.54) is 24.2 Å². The fraction of sp³-hybridized carbons (Fsp3) is 0.478. The van der Waals surface area contributed by atoms with Gasteiger partial charge < -0.3 is 14.2 Å². The summed E-state index contributed by atoms with van der Waals surface area (Å²) in [7, 11) is 0. The van der Waals surface area contributed by atoms with Crippen LogP contribution >= 0.6 is 23.6 Å². The number of nitrogens with one attached hydrogen (secondary N) is 1. The highest BCUT2D eigenvalue weighted by molar-refractivity contribution is 7.71. The standard InChI is InChI=1S/C23H27N5O2S2/c1-3-30-18-8-4-16(5-9-18)21-24-14(2)19(32-21)22(29)27-12-10-15(11-13-27)20-25-26-23(31)28(20)17-6-7-17/h4-5,8-9,15,17H,3,6-7,10-13H2,1-2H3,(H,26,31). The molecule has 2 aromatic heterocycles. The summed E-state index contributed by atoms with van der Waals surface area (Å²) in [5.41, 5.74) is 1.79. The number of rotatable bonds is 6. The van der Waals surface area contributed by atoms with E-state index in [4.69, 9.17) is 17.0 Å². The maximum Gasteiger partial charge on any atom is 0.265 e. The second kappa shape index (κ2) is 8.78. The van der Waals surface area contributed by atoms with E-state index in [-0.39, 0.29) is 5.91 Å². The summed E-state index contributed by atoms with van der Waals surface area (Å²) in [6.07, 6.45) is 4.17. The molecule has 32 heavy (non-hydrogen) atoms. The van der Waals surface area contributed by atoms with E-state index >= 15 is 0 Å². The van der Waals surface area contributed by atoms with Crippen LogP contribution < -0.4 is 4.74 Å². The zero-order valence-corrected chi connectivity index (χ0v) is 20.0. The van der Waals surface area contributed by atoms with Crippen molar-refractivity contribution in [3.63, 3.8) is 0 Å². The smallest absolute Gasteiger partial charge is 0.265 e. The second-order valence-corrected chi connectivity index (χ2v) is 9.83. The van der Waals surface area contributed by atoms with Crippen LogP contribution in [0.25, 0.3) is 10.6 Å². The number of hydrogen-bond acceptors (Lipinski definition) is 6. The van der Waals surface area contributed by atoms with Crippen LogP contribution in [0.15, 0.2) is 24.3 Å². The maximum atomic E-state index is 13.3. The topological polar surface area (TPSA) is 76.0 Å². The van der Waals surface area contributed by atoms with Crippen LogP contribution in [0.5, 0.6) is 5.75 Å². The van der Waals surface area contributed by atoms with Gasteiger partial charge in [0.15, 0.2) is 4.77 Å². The molecule has 1 saturated heterocycles. The van der Waals surface area contributed by atoms with Crippen molar-refractivity contribution in [2.45, 2.75) is 51.5 Å². The summed E-state index contributed by atoms with van der Waals surface area (Å²) in [6, 6.07) is 8.39. The van der Waals surface area contributed by atoms with Gasteiger partial charge in [-0.25, -0.2) is 4.98 Å². The molecule has 1 N–H and O–H groups in total. The van der Waals surface area contributed by atoms with Crippen LogP contribution in [-0.4, -0.2) is 50.3 Å². The van der Waals surface area contributed by atoms with Gasteiger partial charge in [-0.3, -0.25) is 9.89 Å². The van der Waals surface area contributed by atoms with Crippen molar-refractivity contribution in [3.05, 3.63) is 45.4 Å². The molecule has 2 aliphatic rings. The molecule has 1 saturated carbocycles. The van der Waals surface area contributed by atoms with Crippen LogP contribution in [0.1, 0.15) is 65.8 Å². The van der Waals surface area contributed by atoms with Crippen molar-refractivity contribution in [3.8, 4) is 16.3 Å². The Morgan fingerprint density at radius 3 is 2.59 bits per heavy atom. The van der Waals surface area contributed by atoms with Crippen LogP contribution in [0.4, 0.5) is 0 Å². The van der Waals surface area contributed by atoms with Gasteiger partial charge in [-0.1, -0.05) is 0 Å². The molecule has 0 atom stereocenters. The number of carbonyl (C=O) groups is 1. The predicted molar refractivity (Wildman–Crippen MR) is 127 cm³/mol. The first-order valence-electron chi connectivity index (χ1n) is 11.2. The molecule has 0 unspecified atom stereocenters. The minimum absolute atomic E-state index is 0.0803. The third kappa shape index (κ3) is 4.11. The molecular formula is C23H27N5O2S2. The van der Waals surface area contributed by atoms with Gasteiger partial charge in [-0.15, -0.1) is 11.3 Å². The van der Waals surface area contributed by atoms with Gasteiger partial charge in [-0.05, 0) is 76.0 Å². The molecule has 1 aliphatic carbocycles. The van der Waals surface area contributed by atoms with Crippen molar-refractivity contribution in [1.29, 1.82) is 0 Å². The van der Waals surface area contributed by atoms with Crippen molar-refractivity contribution < 1.29 is 9.53 Å². The third-order valence-corrected chi connectivity index (χ3v) is 7.68. The number of H-pyrrole nitrogens is 1. The zero-order valence-electron chi connectivity index (χ0n) is 18.3. The molecule has 1 amide bonds. The lowest BCUT2D eigenvalue weighted by Gasteiger charge is -2.31. The molecule has 1 aliphatic heterocycles. The van der Waals surface area contributed by atoms with Crippen molar-refractivity contribution in [2.24, 2.45) is 0 Å². The van der Waals surface area contributed by atoms with Gasteiger partial charge in [0.1, 0.15) is 21.5 Å². The largest absolute Gasteiger partial charge is 0.494 e. The Balaban J connectivity index is 1.27. The number of ether oxygens (including phenoxy) is 1. The van der Waals surface area contributed by atoms with E-state index in [9.17, 15) is 4.79 Å². The zero-order chi connectivity index (χ0) is 22.2. The Hall–Kier alpha value is -2.52. The Bertz CT molecular complexity index is 1170. The fourth-order valence-corrected chi connectivity index (χ4v) is 5.68. The van der Waals surface area contributed by atoms with E-state index in [0.717, 1.165) is 63.4 Å². The summed E-state index contributed by atoms with van der Waals surface area (Å²) in [5.74, 6) is 2.33. The Morgan fingerprint density at radius 1 is 1.22 bits per heavy atom. The average molecular weight is 470 g/mol. The van der Waals surface area contributed by atoms with Crippen LogP contribution in [0, 0.1) is 11.7 Å². The highest BCUT2D eigenvalue weighted by Crippen LogP contribution is 2.39. The molecule has 7 nitrogen and oxygen atoms in total. The quantitative estimate of drug-likeness (QED) is 0.507. The number of benzene rings is 1. The number of thiazole rings is 1. The molecule has 0 radical (unpaired) electrons. The summed E-state index contributed by atoms with van der Waals surface area (Å²) < 4.78 is 8.44. The molecule has 5 rings (SSSR count). The molecular weight excluding hydrogens is 442 g/mol. The summed E-state index contributed by atoms with van der Waals surface area (Å²) >= 11 is 6.90. The lowest BCUT2D eigenvalue weighted by atomic mass is 9.95. The molecule has 168 valence electrons. The van der Waals surface area contributed by atoms with Gasteiger partial charge in [0.25, 0.3) is 5.91 Å². The van der Waals surface area contributed by atoms with E-state index in [1.807, 2.05) is 43.0 Å². The molecule has 2 fully saturated rings. The summed E-state index contributed by atoms with van der Waals surface area (Å²) in [5, 5.41) is 8.36. The molecule has 0 spiro atoms.